The van der Waals surface area contributed by atoms with Gasteiger partial charge in [-0.25, -0.2) is 14.3 Å². The van der Waals surface area contributed by atoms with Crippen LogP contribution in [-0.2, 0) is 4.84 Å². The third-order valence-electron chi connectivity index (χ3n) is 3.07. The van der Waals surface area contributed by atoms with Crippen molar-refractivity contribution in [1.82, 2.24) is 5.48 Å². The highest BCUT2D eigenvalue weighted by atomic mass is 127. The van der Waals surface area contributed by atoms with Crippen LogP contribution in [0.2, 0.25) is 0 Å². The maximum absolute atomic E-state index is 14.0. The van der Waals surface area contributed by atoms with Crippen molar-refractivity contribution in [2.45, 2.75) is 6.42 Å². The van der Waals surface area contributed by atoms with Gasteiger partial charge in [0.1, 0.15) is 11.6 Å². The third-order valence-corrected chi connectivity index (χ3v) is 4.35. The van der Waals surface area contributed by atoms with Crippen molar-refractivity contribution >= 4 is 55.8 Å². The Kier molecular flexibility index (Phi) is 7.54. The number of carbonyl (C=O) groups excluding carboxylic acids is 1. The largest absolute Gasteiger partial charge is 0.396 e. The molecule has 0 spiro atoms. The van der Waals surface area contributed by atoms with Crippen molar-refractivity contribution in [2.24, 2.45) is 0 Å². The summed E-state index contributed by atoms with van der Waals surface area (Å²) in [5.41, 5.74) is 2.46. The van der Waals surface area contributed by atoms with Crippen LogP contribution in [0.5, 0.6) is 0 Å². The van der Waals surface area contributed by atoms with Gasteiger partial charge in [0.25, 0.3) is 5.91 Å². The van der Waals surface area contributed by atoms with Crippen LogP contribution in [0.25, 0.3) is 0 Å². The summed E-state index contributed by atoms with van der Waals surface area (Å²) in [6, 6.07) is 6.85. The molecule has 0 saturated heterocycles. The normalized spacial score (nSPS) is 10.6. The fraction of sp³-hybridized carbons (Fsp3) is 0.188. The number of amides is 1. The number of halogens is 4. The summed E-state index contributed by atoms with van der Waals surface area (Å²) in [6.07, 6.45) is 0.354. The van der Waals surface area contributed by atoms with Gasteiger partial charge in [-0.3, -0.25) is 9.63 Å². The number of aliphatic hydroxyl groups is 1. The minimum Gasteiger partial charge on any atom is -0.396 e. The van der Waals surface area contributed by atoms with E-state index < -0.39 is 17.5 Å². The SMILES string of the molecule is O=C(NOCCCO)c1cc(Br)c(F)cc1Nc1ccc(I)cc1F. The Balaban J connectivity index is 2.26. The predicted octanol–water partition coefficient (Wildman–Crippen LogP) is 4.12. The van der Waals surface area contributed by atoms with Crippen molar-refractivity contribution in [2.75, 3.05) is 18.5 Å². The molecule has 25 heavy (non-hydrogen) atoms. The van der Waals surface area contributed by atoms with Crippen LogP contribution >= 0.6 is 38.5 Å². The summed E-state index contributed by atoms with van der Waals surface area (Å²) in [4.78, 5) is 17.2. The van der Waals surface area contributed by atoms with E-state index in [9.17, 15) is 13.6 Å². The van der Waals surface area contributed by atoms with Gasteiger partial charge in [-0.15, -0.1) is 0 Å². The number of carbonyl (C=O) groups is 1. The van der Waals surface area contributed by atoms with E-state index in [4.69, 9.17) is 9.94 Å². The molecule has 0 atom stereocenters. The Labute approximate surface area is 165 Å². The fourth-order valence-corrected chi connectivity index (χ4v) is 2.68. The van der Waals surface area contributed by atoms with E-state index >= 15 is 0 Å². The Morgan fingerprint density at radius 2 is 1.96 bits per heavy atom. The molecule has 1 amide bonds. The van der Waals surface area contributed by atoms with E-state index in [1.165, 1.54) is 18.2 Å². The zero-order chi connectivity index (χ0) is 18.4. The van der Waals surface area contributed by atoms with Gasteiger partial charge in [-0.05, 0) is 75.3 Å². The molecule has 134 valence electrons. The van der Waals surface area contributed by atoms with Crippen LogP contribution in [0.1, 0.15) is 16.8 Å². The van der Waals surface area contributed by atoms with E-state index in [-0.39, 0.29) is 34.6 Å². The van der Waals surface area contributed by atoms with Crippen molar-refractivity contribution < 1.29 is 23.5 Å². The standard InChI is InChI=1S/C16H14BrF2IN2O3/c17-11-7-10(16(24)22-25-5-1-4-23)15(8-12(11)18)21-14-3-2-9(20)6-13(14)19/h2-3,6-8,21,23H,1,4-5H2,(H,22,24). The molecule has 2 aromatic rings. The molecule has 0 fully saturated rings. The Morgan fingerprint density at radius 1 is 1.20 bits per heavy atom. The molecule has 5 nitrogen and oxygen atoms in total. The number of aliphatic hydroxyl groups excluding tert-OH is 1. The zero-order valence-electron chi connectivity index (χ0n) is 12.8. The van der Waals surface area contributed by atoms with Crippen molar-refractivity contribution in [3.63, 3.8) is 0 Å². The van der Waals surface area contributed by atoms with E-state index in [0.29, 0.717) is 9.99 Å². The highest BCUT2D eigenvalue weighted by Gasteiger charge is 2.17. The predicted molar refractivity (Wildman–Crippen MR) is 102 cm³/mol. The summed E-state index contributed by atoms with van der Waals surface area (Å²) in [5.74, 6) is -1.76. The minimum atomic E-state index is -0.632. The van der Waals surface area contributed by atoms with Crippen LogP contribution in [0.15, 0.2) is 34.8 Å². The highest BCUT2D eigenvalue weighted by molar-refractivity contribution is 14.1. The lowest BCUT2D eigenvalue weighted by atomic mass is 10.1. The molecule has 0 bridgehead atoms. The van der Waals surface area contributed by atoms with E-state index in [2.05, 4.69) is 26.7 Å². The quantitative estimate of drug-likeness (QED) is 0.288. The summed E-state index contributed by atoms with van der Waals surface area (Å²) in [5, 5.41) is 11.4. The van der Waals surface area contributed by atoms with Crippen molar-refractivity contribution in [3.05, 3.63) is 55.6 Å². The maximum atomic E-state index is 14.0. The zero-order valence-corrected chi connectivity index (χ0v) is 16.5. The molecule has 2 aromatic carbocycles. The first kappa shape index (κ1) is 20.0. The average Bonchev–Trinajstić information content (AvgIpc) is 2.57. The lowest BCUT2D eigenvalue weighted by Crippen LogP contribution is -2.25. The van der Waals surface area contributed by atoms with Crippen LogP contribution in [0, 0.1) is 15.2 Å². The van der Waals surface area contributed by atoms with Gasteiger partial charge in [0.05, 0.1) is 28.0 Å². The van der Waals surface area contributed by atoms with Crippen LogP contribution < -0.4 is 10.8 Å². The molecule has 0 aliphatic carbocycles. The first-order chi connectivity index (χ1) is 11.9. The van der Waals surface area contributed by atoms with Crippen molar-refractivity contribution in [3.8, 4) is 0 Å². The van der Waals surface area contributed by atoms with Gasteiger partial charge in [0.2, 0.25) is 0 Å². The Morgan fingerprint density at radius 3 is 2.64 bits per heavy atom. The molecular formula is C16H14BrF2IN2O3. The van der Waals surface area contributed by atoms with Gasteiger partial charge < -0.3 is 10.4 Å². The molecular weight excluding hydrogens is 513 g/mol. The van der Waals surface area contributed by atoms with Crippen molar-refractivity contribution in [1.29, 1.82) is 0 Å². The average molecular weight is 527 g/mol. The lowest BCUT2D eigenvalue weighted by molar-refractivity contribution is 0.0262. The van der Waals surface area contributed by atoms with Crippen LogP contribution in [0.3, 0.4) is 0 Å². The molecule has 2 rings (SSSR count). The molecule has 0 aliphatic rings. The van der Waals surface area contributed by atoms with E-state index in [1.54, 1.807) is 6.07 Å². The Hall–Kier alpha value is -1.30. The molecule has 9 heteroatoms. The topological polar surface area (TPSA) is 70.6 Å². The number of nitrogens with one attached hydrogen (secondary N) is 2. The van der Waals surface area contributed by atoms with Gasteiger partial charge in [0, 0.05) is 10.2 Å². The second-order valence-electron chi connectivity index (χ2n) is 4.92. The first-order valence-corrected chi connectivity index (χ1v) is 9.03. The second-order valence-corrected chi connectivity index (χ2v) is 7.02. The molecule has 0 unspecified atom stereocenters. The number of hydroxylamine groups is 1. The third kappa shape index (κ3) is 5.59. The number of hydrogen-bond donors (Lipinski definition) is 3. The lowest BCUT2D eigenvalue weighted by Gasteiger charge is -2.14. The number of benzene rings is 2. The highest BCUT2D eigenvalue weighted by Crippen LogP contribution is 2.29. The summed E-state index contributed by atoms with van der Waals surface area (Å²) in [6.45, 7) is 0.0516. The summed E-state index contributed by atoms with van der Waals surface area (Å²) >= 11 is 4.99. The summed E-state index contributed by atoms with van der Waals surface area (Å²) < 4.78 is 28.7. The molecule has 3 N–H and O–H groups in total. The number of hydrogen-bond acceptors (Lipinski definition) is 4. The second kappa shape index (κ2) is 9.41. The molecule has 0 aliphatic heterocycles. The van der Waals surface area contributed by atoms with Gasteiger partial charge in [-0.2, -0.15) is 0 Å². The fourth-order valence-electron chi connectivity index (χ4n) is 1.88. The maximum Gasteiger partial charge on any atom is 0.276 e. The Bertz CT molecular complexity index is 777. The summed E-state index contributed by atoms with van der Waals surface area (Å²) in [7, 11) is 0. The minimum absolute atomic E-state index is 0.0650. The van der Waals surface area contributed by atoms with Crippen LogP contribution in [0.4, 0.5) is 20.2 Å². The van der Waals surface area contributed by atoms with Crippen LogP contribution in [-0.4, -0.2) is 24.2 Å². The van der Waals surface area contributed by atoms with E-state index in [0.717, 1.165) is 6.07 Å². The molecule has 0 saturated carbocycles. The molecule has 0 radical (unpaired) electrons. The first-order valence-electron chi connectivity index (χ1n) is 7.16. The molecule has 0 aromatic heterocycles. The van der Waals surface area contributed by atoms with Gasteiger partial charge in [0.15, 0.2) is 0 Å². The van der Waals surface area contributed by atoms with E-state index in [1.807, 2.05) is 22.6 Å². The van der Waals surface area contributed by atoms with Gasteiger partial charge in [-0.1, -0.05) is 0 Å². The van der Waals surface area contributed by atoms with Gasteiger partial charge >= 0.3 is 0 Å². The smallest absolute Gasteiger partial charge is 0.276 e. The number of anilines is 2. The monoisotopic (exact) mass is 526 g/mol. The number of rotatable bonds is 7. The molecule has 0 heterocycles.